The van der Waals surface area contributed by atoms with Gasteiger partial charge in [-0.15, -0.1) is 0 Å². The van der Waals surface area contributed by atoms with Gasteiger partial charge < -0.3 is 14.4 Å². The first-order chi connectivity index (χ1) is 10.8. The topological polar surface area (TPSA) is 42.0 Å². The van der Waals surface area contributed by atoms with Crippen molar-refractivity contribution in [1.29, 1.82) is 0 Å². The highest BCUT2D eigenvalue weighted by Gasteiger charge is 2.30. The maximum Gasteiger partial charge on any atom is 0.251 e. The van der Waals surface area contributed by atoms with E-state index in [1.807, 2.05) is 17.0 Å². The van der Waals surface area contributed by atoms with Gasteiger partial charge in [-0.3, -0.25) is 9.69 Å². The van der Waals surface area contributed by atoms with Crippen LogP contribution in [0.15, 0.2) is 24.3 Å². The Balaban J connectivity index is 1.47. The molecule has 1 atom stereocenters. The van der Waals surface area contributed by atoms with Crippen molar-refractivity contribution in [2.24, 2.45) is 0 Å². The van der Waals surface area contributed by atoms with E-state index in [1.165, 1.54) is 5.56 Å². The van der Waals surface area contributed by atoms with Crippen molar-refractivity contribution in [2.75, 3.05) is 39.9 Å². The normalized spacial score (nSPS) is 22.8. The molecule has 0 spiro atoms. The molecule has 120 valence electrons. The zero-order valence-corrected chi connectivity index (χ0v) is 13.2. The number of hydrogen-bond donors (Lipinski definition) is 0. The van der Waals surface area contributed by atoms with Crippen molar-refractivity contribution in [3.8, 4) is 5.75 Å². The molecule has 1 amide bonds. The summed E-state index contributed by atoms with van der Waals surface area (Å²) < 4.78 is 10.7. The van der Waals surface area contributed by atoms with Gasteiger partial charge in [0.1, 0.15) is 11.9 Å². The third-order valence-electron chi connectivity index (χ3n) is 4.45. The Morgan fingerprint density at radius 3 is 2.55 bits per heavy atom. The van der Waals surface area contributed by atoms with Crippen molar-refractivity contribution >= 4 is 5.91 Å². The summed E-state index contributed by atoms with van der Waals surface area (Å²) in [6.45, 7) is 5.10. The minimum Gasteiger partial charge on any atom is -0.497 e. The van der Waals surface area contributed by atoms with E-state index in [0.717, 1.165) is 57.9 Å². The maximum atomic E-state index is 12.3. The highest BCUT2D eigenvalue weighted by molar-refractivity contribution is 5.81. The summed E-state index contributed by atoms with van der Waals surface area (Å²) in [5.74, 6) is 1.07. The summed E-state index contributed by atoms with van der Waals surface area (Å²) in [6, 6.07) is 8.19. The van der Waals surface area contributed by atoms with Crippen LogP contribution in [0.1, 0.15) is 18.4 Å². The molecular formula is C17H24N2O3. The number of nitrogens with zero attached hydrogens (tertiary/aromatic N) is 2. The third-order valence-corrected chi connectivity index (χ3v) is 4.45. The molecule has 5 nitrogen and oxygen atoms in total. The van der Waals surface area contributed by atoms with Crippen LogP contribution in [0.25, 0.3) is 0 Å². The fourth-order valence-corrected chi connectivity index (χ4v) is 3.09. The number of piperazine rings is 1. The number of methoxy groups -OCH3 is 1. The average molecular weight is 304 g/mol. The standard InChI is InChI=1S/C17H24N2O3/c1-21-15-6-4-14(5-7-15)13-18-8-10-19(11-9-18)17(20)16-3-2-12-22-16/h4-7,16H,2-3,8-13H2,1H3. The molecule has 0 radical (unpaired) electrons. The van der Waals surface area contributed by atoms with Crippen LogP contribution < -0.4 is 4.74 Å². The van der Waals surface area contributed by atoms with E-state index in [4.69, 9.17) is 9.47 Å². The van der Waals surface area contributed by atoms with Gasteiger partial charge in [-0.2, -0.15) is 0 Å². The fourth-order valence-electron chi connectivity index (χ4n) is 3.09. The molecule has 0 N–H and O–H groups in total. The lowest BCUT2D eigenvalue weighted by Gasteiger charge is -2.35. The smallest absolute Gasteiger partial charge is 0.251 e. The number of benzene rings is 1. The first-order valence-corrected chi connectivity index (χ1v) is 8.02. The summed E-state index contributed by atoms with van der Waals surface area (Å²) >= 11 is 0. The monoisotopic (exact) mass is 304 g/mol. The van der Waals surface area contributed by atoms with Crippen molar-refractivity contribution in [2.45, 2.75) is 25.5 Å². The minimum absolute atomic E-state index is 0.182. The molecule has 2 heterocycles. The molecular weight excluding hydrogens is 280 g/mol. The Morgan fingerprint density at radius 1 is 1.23 bits per heavy atom. The summed E-state index contributed by atoms with van der Waals surface area (Å²) in [4.78, 5) is 16.7. The van der Waals surface area contributed by atoms with E-state index in [1.54, 1.807) is 7.11 Å². The predicted octanol–water partition coefficient (Wildman–Crippen LogP) is 1.52. The molecule has 1 aromatic rings. The molecule has 0 saturated carbocycles. The number of hydrogen-bond acceptors (Lipinski definition) is 4. The zero-order chi connectivity index (χ0) is 15.4. The van der Waals surface area contributed by atoms with Crippen LogP contribution in [0.4, 0.5) is 0 Å². The van der Waals surface area contributed by atoms with Gasteiger partial charge in [0.05, 0.1) is 7.11 Å². The van der Waals surface area contributed by atoms with Crippen molar-refractivity contribution in [3.05, 3.63) is 29.8 Å². The van der Waals surface area contributed by atoms with Crippen molar-refractivity contribution in [1.82, 2.24) is 9.80 Å². The quantitative estimate of drug-likeness (QED) is 0.846. The molecule has 1 unspecified atom stereocenters. The summed E-state index contributed by atoms with van der Waals surface area (Å²) in [7, 11) is 1.68. The Morgan fingerprint density at radius 2 is 1.95 bits per heavy atom. The molecule has 2 saturated heterocycles. The van der Waals surface area contributed by atoms with Gasteiger partial charge in [-0.05, 0) is 30.5 Å². The van der Waals surface area contributed by atoms with Gasteiger partial charge in [-0.25, -0.2) is 0 Å². The summed E-state index contributed by atoms with van der Waals surface area (Å²) in [5, 5.41) is 0. The Kier molecular flexibility index (Phi) is 4.95. The molecule has 0 aliphatic carbocycles. The van der Waals surface area contributed by atoms with Gasteiger partial charge in [0.25, 0.3) is 5.91 Å². The molecule has 0 bridgehead atoms. The Bertz CT molecular complexity index is 489. The van der Waals surface area contributed by atoms with E-state index in [-0.39, 0.29) is 12.0 Å². The number of carbonyl (C=O) groups excluding carboxylic acids is 1. The van der Waals surface area contributed by atoms with E-state index >= 15 is 0 Å². The lowest BCUT2D eigenvalue weighted by atomic mass is 10.1. The van der Waals surface area contributed by atoms with Gasteiger partial charge in [-0.1, -0.05) is 12.1 Å². The second kappa shape index (κ2) is 7.11. The molecule has 5 heteroatoms. The first kappa shape index (κ1) is 15.3. The van der Waals surface area contributed by atoms with Gasteiger partial charge in [0.15, 0.2) is 0 Å². The second-order valence-corrected chi connectivity index (χ2v) is 5.95. The third kappa shape index (κ3) is 3.59. The molecule has 22 heavy (non-hydrogen) atoms. The SMILES string of the molecule is COc1ccc(CN2CCN(C(=O)C3CCCO3)CC2)cc1. The van der Waals surface area contributed by atoms with Crippen LogP contribution in [0, 0.1) is 0 Å². The average Bonchev–Trinajstić information content (AvgIpc) is 3.10. The minimum atomic E-state index is -0.187. The van der Waals surface area contributed by atoms with Gasteiger partial charge >= 0.3 is 0 Å². The molecule has 2 aliphatic heterocycles. The maximum absolute atomic E-state index is 12.3. The van der Waals surface area contributed by atoms with Gasteiger partial charge in [0, 0.05) is 39.3 Å². The fraction of sp³-hybridized carbons (Fsp3) is 0.588. The van der Waals surface area contributed by atoms with E-state index in [9.17, 15) is 4.79 Å². The number of ether oxygens (including phenoxy) is 2. The number of amides is 1. The zero-order valence-electron chi connectivity index (χ0n) is 13.2. The van der Waals surface area contributed by atoms with Crippen LogP contribution in [-0.2, 0) is 16.1 Å². The highest BCUT2D eigenvalue weighted by Crippen LogP contribution is 2.17. The molecule has 0 aromatic heterocycles. The van der Waals surface area contributed by atoms with Crippen LogP contribution in [0.3, 0.4) is 0 Å². The molecule has 1 aromatic carbocycles. The number of carbonyl (C=O) groups is 1. The first-order valence-electron chi connectivity index (χ1n) is 8.02. The lowest BCUT2D eigenvalue weighted by Crippen LogP contribution is -2.51. The lowest BCUT2D eigenvalue weighted by molar-refractivity contribution is -0.142. The van der Waals surface area contributed by atoms with Crippen LogP contribution >= 0.6 is 0 Å². The predicted molar refractivity (Wildman–Crippen MR) is 83.8 cm³/mol. The van der Waals surface area contributed by atoms with E-state index in [0.29, 0.717) is 0 Å². The molecule has 3 rings (SSSR count). The molecule has 2 aliphatic rings. The van der Waals surface area contributed by atoms with E-state index in [2.05, 4.69) is 17.0 Å². The van der Waals surface area contributed by atoms with E-state index < -0.39 is 0 Å². The van der Waals surface area contributed by atoms with Crippen LogP contribution in [0.2, 0.25) is 0 Å². The Hall–Kier alpha value is -1.59. The number of rotatable bonds is 4. The molecule has 2 fully saturated rings. The second-order valence-electron chi connectivity index (χ2n) is 5.95. The van der Waals surface area contributed by atoms with Crippen LogP contribution in [0.5, 0.6) is 5.75 Å². The highest BCUT2D eigenvalue weighted by atomic mass is 16.5. The largest absolute Gasteiger partial charge is 0.497 e. The van der Waals surface area contributed by atoms with Crippen LogP contribution in [-0.4, -0.2) is 61.7 Å². The van der Waals surface area contributed by atoms with Gasteiger partial charge in [0.2, 0.25) is 0 Å². The summed E-state index contributed by atoms with van der Waals surface area (Å²) in [5.41, 5.74) is 1.28. The van der Waals surface area contributed by atoms with Crippen molar-refractivity contribution < 1.29 is 14.3 Å². The van der Waals surface area contributed by atoms with Crippen molar-refractivity contribution in [3.63, 3.8) is 0 Å². The summed E-state index contributed by atoms with van der Waals surface area (Å²) in [6.07, 6.45) is 1.70. The Labute approximate surface area is 131 Å².